The summed E-state index contributed by atoms with van der Waals surface area (Å²) in [6.07, 6.45) is 15.4. The maximum absolute atomic E-state index is 12.1. The summed E-state index contributed by atoms with van der Waals surface area (Å²) in [5.74, 6) is 0.596. The van der Waals surface area contributed by atoms with Crippen molar-refractivity contribution in [1.82, 2.24) is 10.2 Å². The molecule has 2 unspecified atom stereocenters. The van der Waals surface area contributed by atoms with E-state index in [2.05, 4.69) is 51.4 Å². The largest absolute Gasteiger partial charge is 0.307 e. The minimum Gasteiger partial charge on any atom is -0.307 e. The second kappa shape index (κ2) is 14.9. The Balaban J connectivity index is 0.000000161. The van der Waals surface area contributed by atoms with Crippen LogP contribution in [-0.4, -0.2) is 40.4 Å². The number of hydrogen-bond acceptors (Lipinski definition) is 4. The van der Waals surface area contributed by atoms with E-state index in [1.807, 2.05) is 42.5 Å². The molecule has 0 heterocycles. The molecule has 39 heavy (non-hydrogen) atoms. The summed E-state index contributed by atoms with van der Waals surface area (Å²) in [6.45, 7) is 8.21. The van der Waals surface area contributed by atoms with Crippen molar-refractivity contribution in [2.24, 2.45) is 0 Å². The van der Waals surface area contributed by atoms with E-state index in [0.29, 0.717) is 36.5 Å². The highest BCUT2D eigenvalue weighted by molar-refractivity contribution is 9.09. The number of benzene rings is 2. The molecule has 0 bridgehead atoms. The third kappa shape index (κ3) is 7.45. The molecule has 6 rings (SSSR count). The Bertz CT molecular complexity index is 1130. The number of carbonyl (C=O) groups is 2. The summed E-state index contributed by atoms with van der Waals surface area (Å²) in [5.41, 5.74) is 4.29. The quantitative estimate of drug-likeness (QED) is 0.261. The topological polar surface area (TPSA) is 49.4 Å². The van der Waals surface area contributed by atoms with Crippen LogP contribution in [0.5, 0.6) is 0 Å². The third-order valence-electron chi connectivity index (χ3n) is 8.46. The molecule has 2 saturated carbocycles. The van der Waals surface area contributed by atoms with Gasteiger partial charge in [-0.2, -0.15) is 0 Å². The molecule has 4 nitrogen and oxygen atoms in total. The third-order valence-corrected chi connectivity index (χ3v) is 8.92. The van der Waals surface area contributed by atoms with Crippen LogP contribution in [0.1, 0.15) is 108 Å². The highest BCUT2D eigenvalue weighted by Gasteiger charge is 2.36. The van der Waals surface area contributed by atoms with Crippen molar-refractivity contribution in [2.75, 3.05) is 11.9 Å². The number of carbonyl (C=O) groups excluding carboxylic acids is 2. The normalized spacial score (nSPS) is 22.1. The average Bonchev–Trinajstić information content (AvgIpc) is 3.78. The molecular formula is C34H43BrN2O2. The molecule has 2 aromatic rings. The van der Waals surface area contributed by atoms with Crippen molar-refractivity contribution < 1.29 is 9.59 Å². The molecule has 0 amide bonds. The molecule has 0 spiro atoms. The first kappa shape index (κ1) is 29.6. The number of alkyl halides is 1. The summed E-state index contributed by atoms with van der Waals surface area (Å²) >= 11 is 3.13. The van der Waals surface area contributed by atoms with Gasteiger partial charge in [-0.3, -0.25) is 14.5 Å². The molecule has 0 aromatic heterocycles. The number of allylic oxidation sites excluding steroid dienone is 1. The fraction of sp³-hybridized carbons (Fsp3) is 0.471. The second-order valence-corrected chi connectivity index (χ2v) is 11.7. The Morgan fingerprint density at radius 1 is 0.795 bits per heavy atom. The van der Waals surface area contributed by atoms with Gasteiger partial charge in [-0.25, -0.2) is 0 Å². The smallest absolute Gasteiger partial charge is 0.165 e. The fourth-order valence-corrected chi connectivity index (χ4v) is 6.63. The molecule has 0 aliphatic heterocycles. The van der Waals surface area contributed by atoms with Crippen LogP contribution in [0.2, 0.25) is 0 Å². The van der Waals surface area contributed by atoms with Gasteiger partial charge in [-0.1, -0.05) is 102 Å². The zero-order chi connectivity index (χ0) is 27.6. The van der Waals surface area contributed by atoms with E-state index >= 15 is 0 Å². The highest BCUT2D eigenvalue weighted by Crippen LogP contribution is 2.39. The number of Topliss-reactive ketones (excluding diaryl/α,β-unsaturated/α-hetero) is 2. The van der Waals surface area contributed by atoms with E-state index in [0.717, 1.165) is 23.0 Å². The predicted molar refractivity (Wildman–Crippen MR) is 165 cm³/mol. The predicted octanol–water partition coefficient (Wildman–Crippen LogP) is 8.16. The molecule has 0 radical (unpaired) electrons. The van der Waals surface area contributed by atoms with Crippen molar-refractivity contribution in [3.8, 4) is 0 Å². The lowest BCUT2D eigenvalue weighted by Gasteiger charge is -2.33. The van der Waals surface area contributed by atoms with E-state index in [9.17, 15) is 9.59 Å². The molecule has 208 valence electrons. The van der Waals surface area contributed by atoms with Crippen molar-refractivity contribution in [3.63, 3.8) is 0 Å². The first-order chi connectivity index (χ1) is 19.1. The van der Waals surface area contributed by atoms with E-state index < -0.39 is 0 Å². The van der Waals surface area contributed by atoms with Gasteiger partial charge >= 0.3 is 0 Å². The fourth-order valence-electron chi connectivity index (χ4n) is 6.63. The van der Waals surface area contributed by atoms with Crippen molar-refractivity contribution in [3.05, 3.63) is 96.1 Å². The second-order valence-electron chi connectivity index (χ2n) is 11.0. The first-order valence-electron chi connectivity index (χ1n) is 14.6. The van der Waals surface area contributed by atoms with Gasteiger partial charge in [0.05, 0.1) is 0 Å². The van der Waals surface area contributed by atoms with Crippen molar-refractivity contribution in [1.29, 1.82) is 0 Å². The van der Waals surface area contributed by atoms with Gasteiger partial charge in [0.15, 0.2) is 11.6 Å². The lowest BCUT2D eigenvalue weighted by Crippen LogP contribution is -2.36. The summed E-state index contributed by atoms with van der Waals surface area (Å²) in [5, 5.41) is 4.54. The Labute approximate surface area is 243 Å². The van der Waals surface area contributed by atoms with Gasteiger partial charge in [0, 0.05) is 60.0 Å². The van der Waals surface area contributed by atoms with E-state index in [1.165, 1.54) is 62.5 Å². The van der Waals surface area contributed by atoms with E-state index in [1.54, 1.807) is 6.08 Å². The number of rotatable bonds is 7. The molecule has 2 fully saturated rings. The van der Waals surface area contributed by atoms with Crippen LogP contribution in [0.15, 0.2) is 73.8 Å². The minimum absolute atomic E-state index is 0.268. The SMILES string of the molecule is C=CCBr.C=CCN(C1CCCC1)C1CC(=O)c2ccccc21.O=C1CC(NC2CCCC2)c2ccccc21. The molecule has 5 heteroatoms. The maximum Gasteiger partial charge on any atom is 0.165 e. The van der Waals surface area contributed by atoms with Crippen LogP contribution in [0.4, 0.5) is 0 Å². The van der Waals surface area contributed by atoms with Crippen LogP contribution in [0.3, 0.4) is 0 Å². The molecule has 0 saturated heterocycles. The van der Waals surface area contributed by atoms with Gasteiger partial charge in [0.25, 0.3) is 0 Å². The van der Waals surface area contributed by atoms with Crippen LogP contribution in [0, 0.1) is 0 Å². The lowest BCUT2D eigenvalue weighted by atomic mass is 10.0. The number of hydrogen-bond donors (Lipinski definition) is 1. The molecule has 2 aromatic carbocycles. The minimum atomic E-state index is 0.268. The summed E-state index contributed by atoms with van der Waals surface area (Å²) in [6, 6.07) is 17.9. The van der Waals surface area contributed by atoms with Crippen molar-refractivity contribution in [2.45, 2.75) is 88.4 Å². The summed E-state index contributed by atoms with van der Waals surface area (Å²) in [4.78, 5) is 26.5. The van der Waals surface area contributed by atoms with Gasteiger partial charge in [-0.15, -0.1) is 13.2 Å². The summed E-state index contributed by atoms with van der Waals surface area (Å²) in [7, 11) is 0. The first-order valence-corrected chi connectivity index (χ1v) is 15.7. The molecule has 4 aliphatic rings. The van der Waals surface area contributed by atoms with E-state index in [-0.39, 0.29) is 12.1 Å². The molecular weight excluding hydrogens is 548 g/mol. The molecule has 1 N–H and O–H groups in total. The Morgan fingerprint density at radius 2 is 1.33 bits per heavy atom. The lowest BCUT2D eigenvalue weighted by molar-refractivity contribution is 0.0927. The highest BCUT2D eigenvalue weighted by atomic mass is 79.9. The zero-order valence-electron chi connectivity index (χ0n) is 23.1. The van der Waals surface area contributed by atoms with Crippen LogP contribution in [0.25, 0.3) is 0 Å². The summed E-state index contributed by atoms with van der Waals surface area (Å²) < 4.78 is 0. The van der Waals surface area contributed by atoms with Gasteiger partial charge in [0.1, 0.15) is 0 Å². The number of nitrogens with one attached hydrogen (secondary N) is 1. The van der Waals surface area contributed by atoms with Crippen LogP contribution in [-0.2, 0) is 0 Å². The number of nitrogens with zero attached hydrogens (tertiary/aromatic N) is 1. The molecule has 4 aliphatic carbocycles. The number of ketones is 2. The average molecular weight is 592 g/mol. The Hall–Kier alpha value is -2.34. The number of halogens is 1. The Morgan fingerprint density at radius 3 is 1.95 bits per heavy atom. The standard InChI is InChI=1S/C17H21NO.C14H17NO.C3H5Br/c1-2-11-18(13-7-3-4-8-13)16-12-17(19)15-10-6-5-9-14(15)16;16-14-9-13(15-10-5-1-2-6-10)11-7-3-4-8-12(11)14;1-2-3-4/h2,5-6,9-10,13,16H,1,3-4,7-8,11-12H2;3-4,7-8,10,13,15H,1-2,5-6,9H2;2H,1,3H2. The zero-order valence-corrected chi connectivity index (χ0v) is 24.7. The van der Waals surface area contributed by atoms with Crippen LogP contribution >= 0.6 is 15.9 Å². The van der Waals surface area contributed by atoms with Crippen LogP contribution < -0.4 is 5.32 Å². The maximum atomic E-state index is 12.1. The molecule has 2 atom stereocenters. The van der Waals surface area contributed by atoms with Crippen molar-refractivity contribution >= 4 is 27.5 Å². The monoisotopic (exact) mass is 590 g/mol. The van der Waals surface area contributed by atoms with Gasteiger partial charge < -0.3 is 5.32 Å². The number of fused-ring (bicyclic) bond motifs is 2. The van der Waals surface area contributed by atoms with E-state index in [4.69, 9.17) is 0 Å². The Kier molecular flexibility index (Phi) is 11.3. The van der Waals surface area contributed by atoms with Gasteiger partial charge in [0.2, 0.25) is 0 Å². The van der Waals surface area contributed by atoms with Gasteiger partial charge in [-0.05, 0) is 36.8 Å².